The molecule has 0 fully saturated rings. The van der Waals surface area contributed by atoms with Gasteiger partial charge in [0.1, 0.15) is 17.2 Å². The van der Waals surface area contributed by atoms with Gasteiger partial charge in [0.15, 0.2) is 0 Å². The van der Waals surface area contributed by atoms with Gasteiger partial charge in [-0.25, -0.2) is 9.78 Å². The van der Waals surface area contributed by atoms with E-state index in [0.717, 1.165) is 5.56 Å². The molecule has 29 heavy (non-hydrogen) atoms. The molecule has 2 heterocycles. The Morgan fingerprint density at radius 1 is 1.34 bits per heavy atom. The number of carbonyl (C=O) groups excluding carboxylic acids is 1. The predicted octanol–water partition coefficient (Wildman–Crippen LogP) is 3.43. The molecule has 9 heteroatoms. The smallest absolute Gasteiger partial charge is 0.407 e. The van der Waals surface area contributed by atoms with Gasteiger partial charge in [0.25, 0.3) is 5.56 Å². The third-order valence-corrected chi connectivity index (χ3v) is 4.20. The lowest BCUT2D eigenvalue weighted by Gasteiger charge is -2.22. The van der Waals surface area contributed by atoms with Crippen LogP contribution in [0.15, 0.2) is 39.9 Å². The summed E-state index contributed by atoms with van der Waals surface area (Å²) in [5.41, 5.74) is -0.00919. The Balaban J connectivity index is 2.00. The topological polar surface area (TPSA) is 91.7 Å². The summed E-state index contributed by atoms with van der Waals surface area (Å²) in [5.74, 6) is 1.07. The number of rotatable bonds is 7. The number of methoxy groups -OCH3 is 1. The van der Waals surface area contributed by atoms with E-state index >= 15 is 0 Å². The fourth-order valence-corrected chi connectivity index (χ4v) is 2.88. The Bertz CT molecular complexity index is 890. The van der Waals surface area contributed by atoms with Crippen LogP contribution >= 0.6 is 15.9 Å². The normalized spacial score (nSPS) is 12.3. The lowest BCUT2D eigenvalue weighted by atomic mass is 10.2. The number of pyridine rings is 2. The molecule has 0 saturated carbocycles. The maximum atomic E-state index is 12.4. The molecule has 0 aromatic carbocycles. The Hall–Kier alpha value is -2.39. The molecule has 0 aliphatic carbocycles. The van der Waals surface area contributed by atoms with Gasteiger partial charge < -0.3 is 19.5 Å². The highest BCUT2D eigenvalue weighted by Crippen LogP contribution is 2.14. The minimum absolute atomic E-state index is 0.230. The largest absolute Gasteiger partial charge is 0.495 e. The van der Waals surface area contributed by atoms with Gasteiger partial charge in [-0.15, -0.1) is 0 Å². The molecule has 0 radical (unpaired) electrons. The Morgan fingerprint density at radius 2 is 2.07 bits per heavy atom. The van der Waals surface area contributed by atoms with Gasteiger partial charge >= 0.3 is 6.09 Å². The molecule has 1 N–H and O–H groups in total. The maximum Gasteiger partial charge on any atom is 0.407 e. The summed E-state index contributed by atoms with van der Waals surface area (Å²) in [6.45, 7) is 7.78. The maximum absolute atomic E-state index is 12.4. The van der Waals surface area contributed by atoms with Crippen molar-refractivity contribution in [2.45, 2.75) is 45.9 Å². The van der Waals surface area contributed by atoms with Gasteiger partial charge in [-0.1, -0.05) is 0 Å². The molecule has 0 unspecified atom stereocenters. The van der Waals surface area contributed by atoms with Crippen LogP contribution in [-0.4, -0.2) is 41.0 Å². The number of ether oxygens (including phenoxy) is 3. The standard InChI is InChI=1S/C20H26BrN3O5/c1-13(23-19(26)29-20(2,3)4)11-28-12-14-8-16(21)18(25)24(10-14)17-7-6-15(27-5)9-22-17/h6-10,13H,11-12H2,1-5H3,(H,23,26)/t13-/m1/s1. The molecular weight excluding hydrogens is 442 g/mol. The monoisotopic (exact) mass is 467 g/mol. The fraction of sp³-hybridized carbons (Fsp3) is 0.450. The summed E-state index contributed by atoms with van der Waals surface area (Å²) in [6.07, 6.45) is 2.73. The third kappa shape index (κ3) is 7.17. The molecular formula is C20H26BrN3O5. The Labute approximate surface area is 178 Å². The molecule has 0 spiro atoms. The van der Waals surface area contributed by atoms with Crippen molar-refractivity contribution in [3.05, 3.63) is 51.0 Å². The number of hydrogen-bond donors (Lipinski definition) is 1. The second-order valence-corrected chi connectivity index (χ2v) is 8.34. The predicted molar refractivity (Wildman–Crippen MR) is 113 cm³/mol. The summed E-state index contributed by atoms with van der Waals surface area (Å²) in [4.78, 5) is 28.5. The molecule has 1 atom stereocenters. The average Bonchev–Trinajstić information content (AvgIpc) is 2.63. The lowest BCUT2D eigenvalue weighted by Crippen LogP contribution is -2.39. The second-order valence-electron chi connectivity index (χ2n) is 7.49. The first-order chi connectivity index (χ1) is 13.6. The zero-order valence-corrected chi connectivity index (χ0v) is 18.8. The van der Waals surface area contributed by atoms with Crippen LogP contribution in [0.25, 0.3) is 5.82 Å². The number of amides is 1. The van der Waals surface area contributed by atoms with E-state index in [0.29, 0.717) is 16.0 Å². The van der Waals surface area contributed by atoms with Gasteiger partial charge in [-0.2, -0.15) is 0 Å². The van der Waals surface area contributed by atoms with Gasteiger partial charge in [-0.05, 0) is 67.4 Å². The second kappa shape index (κ2) is 9.89. The number of carbonyl (C=O) groups is 1. The van der Waals surface area contributed by atoms with Crippen LogP contribution in [0.4, 0.5) is 4.79 Å². The van der Waals surface area contributed by atoms with Crippen LogP contribution in [0, 0.1) is 0 Å². The summed E-state index contributed by atoms with van der Waals surface area (Å²) in [6, 6.07) is 4.90. The molecule has 2 rings (SSSR count). The third-order valence-electron chi connectivity index (χ3n) is 3.63. The van der Waals surface area contributed by atoms with E-state index in [2.05, 4.69) is 26.2 Å². The number of alkyl carbamates (subject to hydrolysis) is 1. The Morgan fingerprint density at radius 3 is 2.66 bits per heavy atom. The van der Waals surface area contributed by atoms with E-state index in [1.165, 1.54) is 4.57 Å². The van der Waals surface area contributed by atoms with Crippen molar-refractivity contribution in [1.82, 2.24) is 14.9 Å². The van der Waals surface area contributed by atoms with Crippen molar-refractivity contribution < 1.29 is 19.0 Å². The molecule has 0 aliphatic rings. The van der Waals surface area contributed by atoms with Crippen LogP contribution in [0.3, 0.4) is 0 Å². The first-order valence-corrected chi connectivity index (χ1v) is 9.87. The number of halogens is 1. The van der Waals surface area contributed by atoms with E-state index in [-0.39, 0.29) is 24.8 Å². The summed E-state index contributed by atoms with van der Waals surface area (Å²) >= 11 is 3.29. The van der Waals surface area contributed by atoms with Gasteiger partial charge in [0.05, 0.1) is 37.0 Å². The zero-order valence-electron chi connectivity index (χ0n) is 17.2. The van der Waals surface area contributed by atoms with E-state index < -0.39 is 11.7 Å². The van der Waals surface area contributed by atoms with E-state index in [1.54, 1.807) is 58.5 Å². The van der Waals surface area contributed by atoms with Gasteiger partial charge in [0, 0.05) is 6.20 Å². The van der Waals surface area contributed by atoms with E-state index in [1.807, 2.05) is 6.92 Å². The lowest BCUT2D eigenvalue weighted by molar-refractivity contribution is 0.0442. The van der Waals surface area contributed by atoms with Crippen LogP contribution in [0.5, 0.6) is 5.75 Å². The van der Waals surface area contributed by atoms with E-state index in [4.69, 9.17) is 14.2 Å². The van der Waals surface area contributed by atoms with Gasteiger partial charge in [0.2, 0.25) is 0 Å². The number of hydrogen-bond acceptors (Lipinski definition) is 6. The van der Waals surface area contributed by atoms with E-state index in [9.17, 15) is 9.59 Å². The minimum Gasteiger partial charge on any atom is -0.495 e. The molecule has 1 amide bonds. The van der Waals surface area contributed by atoms with Crippen molar-refractivity contribution in [2.75, 3.05) is 13.7 Å². The fourth-order valence-electron chi connectivity index (χ4n) is 2.39. The minimum atomic E-state index is -0.555. The van der Waals surface area contributed by atoms with Crippen LogP contribution in [0.2, 0.25) is 0 Å². The molecule has 2 aromatic heterocycles. The number of nitrogens with zero attached hydrogens (tertiary/aromatic N) is 2. The first-order valence-electron chi connectivity index (χ1n) is 9.08. The van der Waals surface area contributed by atoms with Crippen LogP contribution in [-0.2, 0) is 16.1 Å². The molecule has 0 aliphatic heterocycles. The highest BCUT2D eigenvalue weighted by Gasteiger charge is 2.17. The molecule has 0 saturated heterocycles. The van der Waals surface area contributed by atoms with Crippen LogP contribution in [0.1, 0.15) is 33.3 Å². The van der Waals surface area contributed by atoms with Crippen molar-refractivity contribution in [3.8, 4) is 11.6 Å². The molecule has 158 valence electrons. The molecule has 0 bridgehead atoms. The first kappa shape index (κ1) is 22.9. The number of aromatic nitrogens is 2. The van der Waals surface area contributed by atoms with Crippen molar-refractivity contribution in [3.63, 3.8) is 0 Å². The van der Waals surface area contributed by atoms with Crippen molar-refractivity contribution >= 4 is 22.0 Å². The summed E-state index contributed by atoms with van der Waals surface area (Å²) < 4.78 is 17.8. The molecule has 2 aromatic rings. The average molecular weight is 468 g/mol. The zero-order chi connectivity index (χ0) is 21.6. The highest BCUT2D eigenvalue weighted by molar-refractivity contribution is 9.10. The quantitative estimate of drug-likeness (QED) is 0.670. The highest BCUT2D eigenvalue weighted by atomic mass is 79.9. The van der Waals surface area contributed by atoms with Gasteiger partial charge in [-0.3, -0.25) is 9.36 Å². The van der Waals surface area contributed by atoms with Crippen molar-refractivity contribution in [1.29, 1.82) is 0 Å². The summed E-state index contributed by atoms with van der Waals surface area (Å²) in [5, 5.41) is 2.72. The summed E-state index contributed by atoms with van der Waals surface area (Å²) in [7, 11) is 1.55. The van der Waals surface area contributed by atoms with Crippen LogP contribution < -0.4 is 15.6 Å². The SMILES string of the molecule is COc1ccc(-n2cc(COC[C@@H](C)NC(=O)OC(C)(C)C)cc(Br)c2=O)nc1. The molecule has 8 nitrogen and oxygen atoms in total. The number of nitrogens with one attached hydrogen (secondary N) is 1. The van der Waals surface area contributed by atoms with Crippen molar-refractivity contribution in [2.24, 2.45) is 0 Å². The Kier molecular flexibility index (Phi) is 7.80.